The van der Waals surface area contributed by atoms with Crippen LogP contribution in [0.1, 0.15) is 245 Å². The number of hydrogen-bond donors (Lipinski definition) is 2. The molecule has 0 heterocycles. The van der Waals surface area contributed by atoms with Crippen molar-refractivity contribution in [2.75, 3.05) is 40.9 Å². The van der Waals surface area contributed by atoms with Gasteiger partial charge in [-0.15, -0.1) is 0 Å². The van der Waals surface area contributed by atoms with Crippen LogP contribution in [0.15, 0.2) is 24.3 Å². The topological polar surface area (TPSA) is 108 Å². The normalized spacial score (nSPS) is 14.3. The second-order valence-electron chi connectivity index (χ2n) is 18.9. The number of hydrogen-bond acceptors (Lipinski definition) is 6. The van der Waals surface area contributed by atoms with E-state index in [1.165, 1.54) is 186 Å². The molecule has 0 aromatic rings. The monoisotopic (exact) mass is 869 g/mol. The van der Waals surface area contributed by atoms with Crippen molar-refractivity contribution in [3.05, 3.63) is 24.3 Å². The Hall–Kier alpha value is -1.02. The van der Waals surface area contributed by atoms with E-state index in [1.54, 1.807) is 6.08 Å². The third-order valence-electron chi connectivity index (χ3n) is 11.7. The SMILES string of the molecule is CCCCCCCCCCCCC/C=C/CC/C=C/[C@@H](O)[C@H](COP(=O)([O-])OCC[N+](C)(C)C)NC(=O)CCCCCCCCCCCCCCCCCCCCCCC. The summed E-state index contributed by atoms with van der Waals surface area (Å²) in [6.07, 6.45) is 52.4. The van der Waals surface area contributed by atoms with Crippen LogP contribution in [0.3, 0.4) is 0 Å². The average Bonchev–Trinajstić information content (AvgIpc) is 3.20. The molecule has 0 saturated heterocycles. The molecule has 356 valence electrons. The lowest BCUT2D eigenvalue weighted by atomic mass is 10.0. The van der Waals surface area contributed by atoms with Gasteiger partial charge >= 0.3 is 0 Å². The molecule has 0 aromatic heterocycles. The van der Waals surface area contributed by atoms with Crippen LogP contribution in [0.5, 0.6) is 0 Å². The molecule has 0 aromatic carbocycles. The van der Waals surface area contributed by atoms with Crippen molar-refractivity contribution in [1.29, 1.82) is 0 Å². The highest BCUT2D eigenvalue weighted by Crippen LogP contribution is 2.38. The number of carbonyl (C=O) groups is 1. The van der Waals surface area contributed by atoms with E-state index >= 15 is 0 Å². The fraction of sp³-hybridized carbons (Fsp3) is 0.902. The van der Waals surface area contributed by atoms with Crippen LogP contribution >= 0.6 is 7.82 Å². The van der Waals surface area contributed by atoms with Gasteiger partial charge in [-0.25, -0.2) is 0 Å². The summed E-state index contributed by atoms with van der Waals surface area (Å²) in [5, 5.41) is 13.8. The summed E-state index contributed by atoms with van der Waals surface area (Å²) < 4.78 is 23.3. The number of aliphatic hydroxyl groups excluding tert-OH is 1. The van der Waals surface area contributed by atoms with Crippen LogP contribution in [-0.4, -0.2) is 68.5 Å². The van der Waals surface area contributed by atoms with E-state index in [9.17, 15) is 19.4 Å². The highest BCUT2D eigenvalue weighted by Gasteiger charge is 2.23. The average molecular weight is 869 g/mol. The first-order chi connectivity index (χ1) is 29.0. The van der Waals surface area contributed by atoms with Crippen molar-refractivity contribution in [1.82, 2.24) is 5.32 Å². The molecule has 0 bridgehead atoms. The maximum atomic E-state index is 12.9. The molecule has 2 N–H and O–H groups in total. The zero-order chi connectivity index (χ0) is 44.3. The summed E-state index contributed by atoms with van der Waals surface area (Å²) in [5.41, 5.74) is 0. The number of phosphoric ester groups is 1. The Labute approximate surface area is 373 Å². The number of nitrogens with one attached hydrogen (secondary N) is 1. The molecule has 60 heavy (non-hydrogen) atoms. The van der Waals surface area contributed by atoms with Crippen molar-refractivity contribution in [2.45, 2.75) is 257 Å². The predicted octanol–water partition coefficient (Wildman–Crippen LogP) is 14.2. The van der Waals surface area contributed by atoms with E-state index in [0.717, 1.165) is 38.5 Å². The van der Waals surface area contributed by atoms with Crippen LogP contribution in [0.2, 0.25) is 0 Å². The van der Waals surface area contributed by atoms with Crippen LogP contribution in [0, 0.1) is 0 Å². The molecule has 0 aliphatic heterocycles. The Morgan fingerprint density at radius 1 is 0.567 bits per heavy atom. The fourth-order valence-corrected chi connectivity index (χ4v) is 8.30. The molecule has 9 heteroatoms. The van der Waals surface area contributed by atoms with Gasteiger partial charge in [0.2, 0.25) is 5.91 Å². The molecule has 0 saturated carbocycles. The molecule has 1 amide bonds. The van der Waals surface area contributed by atoms with Crippen molar-refractivity contribution >= 4 is 13.7 Å². The number of unbranched alkanes of at least 4 members (excludes halogenated alkanes) is 32. The van der Waals surface area contributed by atoms with Gasteiger partial charge in [0.25, 0.3) is 7.82 Å². The largest absolute Gasteiger partial charge is 0.756 e. The number of rotatable bonds is 47. The first-order valence-electron chi connectivity index (χ1n) is 25.7. The van der Waals surface area contributed by atoms with Gasteiger partial charge in [0.15, 0.2) is 0 Å². The molecule has 0 radical (unpaired) electrons. The smallest absolute Gasteiger partial charge is 0.268 e. The number of nitrogens with zero attached hydrogens (tertiary/aromatic N) is 1. The molecular weight excluding hydrogens is 768 g/mol. The maximum Gasteiger partial charge on any atom is 0.268 e. The van der Waals surface area contributed by atoms with E-state index in [2.05, 4.69) is 31.3 Å². The lowest BCUT2D eigenvalue weighted by Gasteiger charge is -2.29. The summed E-state index contributed by atoms with van der Waals surface area (Å²) >= 11 is 0. The zero-order valence-electron chi connectivity index (χ0n) is 40.4. The minimum Gasteiger partial charge on any atom is -0.756 e. The zero-order valence-corrected chi connectivity index (χ0v) is 41.3. The fourth-order valence-electron chi connectivity index (χ4n) is 7.58. The first kappa shape index (κ1) is 59.0. The van der Waals surface area contributed by atoms with Crippen molar-refractivity contribution in [3.63, 3.8) is 0 Å². The summed E-state index contributed by atoms with van der Waals surface area (Å²) in [4.78, 5) is 25.4. The summed E-state index contributed by atoms with van der Waals surface area (Å²) in [6, 6.07) is -0.899. The Kier molecular flexibility index (Phi) is 42.5. The van der Waals surface area contributed by atoms with Gasteiger partial charge in [0, 0.05) is 6.42 Å². The highest BCUT2D eigenvalue weighted by atomic mass is 31.2. The van der Waals surface area contributed by atoms with Gasteiger partial charge in [-0.1, -0.05) is 231 Å². The Balaban J connectivity index is 4.31. The van der Waals surface area contributed by atoms with Crippen LogP contribution < -0.4 is 10.2 Å². The number of likely N-dealkylation sites (N-methyl/N-ethyl adjacent to an activating group) is 1. The molecule has 0 spiro atoms. The second-order valence-corrected chi connectivity index (χ2v) is 20.3. The lowest BCUT2D eigenvalue weighted by Crippen LogP contribution is -2.45. The molecule has 8 nitrogen and oxygen atoms in total. The van der Waals surface area contributed by atoms with Gasteiger partial charge < -0.3 is 28.8 Å². The van der Waals surface area contributed by atoms with E-state index in [0.29, 0.717) is 17.4 Å². The van der Waals surface area contributed by atoms with E-state index in [4.69, 9.17) is 9.05 Å². The van der Waals surface area contributed by atoms with Crippen LogP contribution in [0.4, 0.5) is 0 Å². The Morgan fingerprint density at radius 2 is 0.933 bits per heavy atom. The minimum absolute atomic E-state index is 0.00396. The molecule has 3 atom stereocenters. The Bertz CT molecular complexity index is 1030. The van der Waals surface area contributed by atoms with E-state index in [-0.39, 0.29) is 19.1 Å². The first-order valence-corrected chi connectivity index (χ1v) is 27.2. The van der Waals surface area contributed by atoms with Gasteiger partial charge in [-0.3, -0.25) is 9.36 Å². The van der Waals surface area contributed by atoms with Crippen LogP contribution in [-0.2, 0) is 18.4 Å². The van der Waals surface area contributed by atoms with E-state index < -0.39 is 20.0 Å². The predicted molar refractivity (Wildman–Crippen MR) is 256 cm³/mol. The van der Waals surface area contributed by atoms with Gasteiger partial charge in [-0.2, -0.15) is 0 Å². The van der Waals surface area contributed by atoms with Crippen LogP contribution in [0.25, 0.3) is 0 Å². The number of phosphoric acid groups is 1. The lowest BCUT2D eigenvalue weighted by molar-refractivity contribution is -0.870. The molecule has 1 unspecified atom stereocenters. The number of amides is 1. The molecule has 0 aliphatic rings. The van der Waals surface area contributed by atoms with Crippen molar-refractivity contribution in [2.24, 2.45) is 0 Å². The van der Waals surface area contributed by atoms with Crippen molar-refractivity contribution in [3.8, 4) is 0 Å². The quantitative estimate of drug-likeness (QED) is 0.0273. The minimum atomic E-state index is -4.60. The number of aliphatic hydroxyl groups is 1. The number of carbonyl (C=O) groups excluding carboxylic acids is 1. The number of allylic oxidation sites excluding steroid dienone is 3. The summed E-state index contributed by atoms with van der Waals surface area (Å²) in [5.74, 6) is -0.203. The number of quaternary nitrogens is 1. The molecule has 0 aliphatic carbocycles. The second kappa shape index (κ2) is 43.2. The third kappa shape index (κ3) is 45.0. The van der Waals surface area contributed by atoms with Crippen molar-refractivity contribution < 1.29 is 32.9 Å². The molecular formula is C51H101N2O6P. The van der Waals surface area contributed by atoms with E-state index in [1.807, 2.05) is 27.2 Å². The maximum absolute atomic E-state index is 12.9. The highest BCUT2D eigenvalue weighted by molar-refractivity contribution is 7.45. The summed E-state index contributed by atoms with van der Waals surface area (Å²) in [7, 11) is 1.25. The standard InChI is InChI=1S/C51H101N2O6P/c1-6-8-10-12-14-16-18-20-22-24-25-26-27-29-31-33-35-37-39-41-43-45-51(55)52-49(48-59-60(56,57)58-47-46-53(3,4)5)50(54)44-42-40-38-36-34-32-30-28-23-21-19-17-15-13-11-9-7-2/h34,36,42,44,49-50,54H,6-33,35,37-41,43,45-48H2,1-5H3,(H-,52,55,56,57)/b36-34+,44-42+/t49-,50+/m0/s1. The Morgan fingerprint density at radius 3 is 1.35 bits per heavy atom. The molecule has 0 fully saturated rings. The van der Waals surface area contributed by atoms with Gasteiger partial charge in [-0.05, 0) is 32.1 Å². The third-order valence-corrected chi connectivity index (χ3v) is 12.6. The van der Waals surface area contributed by atoms with Gasteiger partial charge in [0.05, 0.1) is 39.9 Å². The van der Waals surface area contributed by atoms with Gasteiger partial charge in [0.1, 0.15) is 13.2 Å². The summed E-state index contributed by atoms with van der Waals surface area (Å²) in [6.45, 7) is 4.65. The molecule has 0 rings (SSSR count).